The van der Waals surface area contributed by atoms with Crippen molar-refractivity contribution in [2.75, 3.05) is 13.7 Å². The van der Waals surface area contributed by atoms with Crippen molar-refractivity contribution < 1.29 is 19.4 Å². The number of nitrogens with one attached hydrogen (secondary N) is 1. The van der Waals surface area contributed by atoms with Crippen LogP contribution < -0.4 is 4.74 Å². The van der Waals surface area contributed by atoms with Gasteiger partial charge in [-0.2, -0.15) is 5.26 Å². The van der Waals surface area contributed by atoms with Crippen LogP contribution in [0.2, 0.25) is 10.0 Å². The minimum Gasteiger partial charge on any atom is -0.507 e. The van der Waals surface area contributed by atoms with Gasteiger partial charge >= 0.3 is 5.97 Å². The van der Waals surface area contributed by atoms with E-state index >= 15 is 0 Å². The third-order valence-electron chi connectivity index (χ3n) is 4.47. The van der Waals surface area contributed by atoms with Crippen LogP contribution in [0.3, 0.4) is 0 Å². The van der Waals surface area contributed by atoms with Crippen LogP contribution in [0.25, 0.3) is 26.7 Å². The van der Waals surface area contributed by atoms with Crippen LogP contribution in [-0.2, 0) is 4.74 Å². The fourth-order valence-electron chi connectivity index (χ4n) is 2.97. The summed E-state index contributed by atoms with van der Waals surface area (Å²) in [6, 6.07) is 12.4. The van der Waals surface area contributed by atoms with E-state index in [1.807, 2.05) is 12.1 Å². The van der Waals surface area contributed by atoms with Crippen molar-refractivity contribution in [1.29, 1.82) is 5.26 Å². The topological polar surface area (TPSA) is 108 Å². The van der Waals surface area contributed by atoms with E-state index in [0.717, 1.165) is 11.3 Å². The first-order valence-electron chi connectivity index (χ1n) is 8.83. The number of carbonyl (C=O) groups excluding carboxylic acids is 1. The van der Waals surface area contributed by atoms with Crippen molar-refractivity contribution in [3.63, 3.8) is 0 Å². The molecule has 0 saturated heterocycles. The molecule has 2 N–H and O–H groups in total. The Morgan fingerprint density at radius 3 is 2.74 bits per heavy atom. The molecule has 0 unspecified atom stereocenters. The van der Waals surface area contributed by atoms with Crippen LogP contribution in [0.15, 0.2) is 42.2 Å². The minimum atomic E-state index is -0.755. The summed E-state index contributed by atoms with van der Waals surface area (Å²) >= 11 is 13.7. The number of allylic oxidation sites excluding steroid dienone is 1. The molecule has 0 amide bonds. The highest BCUT2D eigenvalue weighted by atomic mass is 35.5. The Balaban J connectivity index is 1.59. The van der Waals surface area contributed by atoms with E-state index in [1.54, 1.807) is 30.3 Å². The second-order valence-electron chi connectivity index (χ2n) is 6.32. The molecular formula is C21H13Cl2N3O4S. The lowest BCUT2D eigenvalue weighted by Gasteiger charge is -2.04. The Bertz CT molecular complexity index is 1370. The quantitative estimate of drug-likeness (QED) is 0.217. The first kappa shape index (κ1) is 21.0. The van der Waals surface area contributed by atoms with Crippen molar-refractivity contribution in [2.45, 2.75) is 0 Å². The molecular weight excluding hydrogens is 461 g/mol. The predicted molar refractivity (Wildman–Crippen MR) is 120 cm³/mol. The van der Waals surface area contributed by atoms with Gasteiger partial charge in [-0.1, -0.05) is 35.3 Å². The van der Waals surface area contributed by atoms with Gasteiger partial charge in [0.25, 0.3) is 0 Å². The number of hydrogen-bond donors (Lipinski definition) is 2. The summed E-state index contributed by atoms with van der Waals surface area (Å²) in [6.07, 6.45) is 0. The SMILES string of the molecule is COc1ccc2c(Cl)c(C(=O)OC/C(O)=C(\C#N)c3nc4ccccc4[nH]3)sc2c1Cl. The lowest BCUT2D eigenvalue weighted by Crippen LogP contribution is -2.08. The van der Waals surface area contributed by atoms with Gasteiger partial charge in [0.15, 0.2) is 11.6 Å². The standard InChI is InChI=1S/C21H13Cl2N3O4S/c1-29-15-7-6-10-16(22)19(31-18(10)17(15)23)21(28)30-9-14(27)11(8-24)20-25-12-4-2-3-5-13(12)26-20/h2-7,27H,9H2,1H3,(H,25,26)/b14-11-. The number of aromatic amines is 1. The molecule has 2 heterocycles. The first-order chi connectivity index (χ1) is 14.9. The fourth-order valence-corrected chi connectivity index (χ4v) is 4.75. The van der Waals surface area contributed by atoms with Crippen LogP contribution in [0.4, 0.5) is 0 Å². The number of aliphatic hydroxyl groups excluding tert-OH is 1. The number of thiophene rings is 1. The van der Waals surface area contributed by atoms with Gasteiger partial charge in [-0.05, 0) is 24.3 Å². The Kier molecular flexibility index (Phi) is 5.74. The highest BCUT2D eigenvalue weighted by molar-refractivity contribution is 7.22. The molecule has 4 aromatic rings. The molecule has 2 aromatic carbocycles. The molecule has 10 heteroatoms. The van der Waals surface area contributed by atoms with Crippen LogP contribution in [0.1, 0.15) is 15.5 Å². The van der Waals surface area contributed by atoms with Crippen LogP contribution in [-0.4, -0.2) is 34.8 Å². The van der Waals surface area contributed by atoms with E-state index in [1.165, 1.54) is 7.11 Å². The third kappa shape index (κ3) is 3.79. The van der Waals surface area contributed by atoms with Crippen molar-refractivity contribution in [2.24, 2.45) is 0 Å². The molecule has 0 fully saturated rings. The molecule has 0 aliphatic carbocycles. The number of benzene rings is 2. The number of nitriles is 1. The zero-order valence-corrected chi connectivity index (χ0v) is 18.2. The number of hydrogen-bond acceptors (Lipinski definition) is 7. The number of methoxy groups -OCH3 is 1. The highest BCUT2D eigenvalue weighted by Crippen LogP contribution is 2.43. The van der Waals surface area contributed by atoms with Gasteiger partial charge in [-0.3, -0.25) is 0 Å². The summed E-state index contributed by atoms with van der Waals surface area (Å²) in [7, 11) is 1.49. The van der Waals surface area contributed by atoms with Gasteiger partial charge in [0.1, 0.15) is 33.9 Å². The van der Waals surface area contributed by atoms with E-state index in [4.69, 9.17) is 32.7 Å². The molecule has 0 aliphatic heterocycles. The molecule has 4 rings (SSSR count). The van der Waals surface area contributed by atoms with Gasteiger partial charge in [-0.15, -0.1) is 11.3 Å². The Morgan fingerprint density at radius 2 is 2.03 bits per heavy atom. The second-order valence-corrected chi connectivity index (χ2v) is 8.09. The monoisotopic (exact) mass is 473 g/mol. The van der Waals surface area contributed by atoms with Crippen molar-refractivity contribution in [3.8, 4) is 11.8 Å². The number of esters is 1. The Labute approximate surface area is 190 Å². The summed E-state index contributed by atoms with van der Waals surface area (Å²) in [4.78, 5) is 19.9. The molecule has 0 spiro atoms. The molecule has 0 bridgehead atoms. The molecule has 31 heavy (non-hydrogen) atoms. The number of ether oxygens (including phenoxy) is 2. The van der Waals surface area contributed by atoms with E-state index in [0.29, 0.717) is 31.9 Å². The summed E-state index contributed by atoms with van der Waals surface area (Å²) in [5.41, 5.74) is 1.22. The van der Waals surface area contributed by atoms with E-state index in [-0.39, 0.29) is 21.3 Å². The van der Waals surface area contributed by atoms with Gasteiger partial charge in [0.2, 0.25) is 0 Å². The Morgan fingerprint density at radius 1 is 1.26 bits per heavy atom. The maximum Gasteiger partial charge on any atom is 0.350 e. The summed E-state index contributed by atoms with van der Waals surface area (Å²) < 4.78 is 10.9. The number of nitrogens with zero attached hydrogens (tertiary/aromatic N) is 2. The Hall–Kier alpha value is -3.25. The summed E-state index contributed by atoms with van der Waals surface area (Å²) in [5, 5.41) is 20.9. The number of aliphatic hydroxyl groups is 1. The molecule has 2 aromatic heterocycles. The smallest absolute Gasteiger partial charge is 0.350 e. The van der Waals surface area contributed by atoms with Crippen molar-refractivity contribution >= 4 is 67.2 Å². The lowest BCUT2D eigenvalue weighted by atomic mass is 10.2. The van der Waals surface area contributed by atoms with E-state index in [9.17, 15) is 15.2 Å². The number of fused-ring (bicyclic) bond motifs is 2. The third-order valence-corrected chi connectivity index (χ3v) is 6.67. The zero-order valence-electron chi connectivity index (χ0n) is 15.9. The van der Waals surface area contributed by atoms with Gasteiger partial charge in [0, 0.05) is 5.39 Å². The van der Waals surface area contributed by atoms with Gasteiger partial charge in [0.05, 0.1) is 27.9 Å². The fraction of sp³-hybridized carbons (Fsp3) is 0.0952. The molecule has 0 saturated carbocycles. The van der Waals surface area contributed by atoms with Crippen LogP contribution in [0.5, 0.6) is 5.75 Å². The highest BCUT2D eigenvalue weighted by Gasteiger charge is 2.22. The number of H-pyrrole nitrogens is 1. The first-order valence-corrected chi connectivity index (χ1v) is 10.4. The number of imidazole rings is 1. The molecule has 0 radical (unpaired) electrons. The number of halogens is 2. The molecule has 0 atom stereocenters. The van der Waals surface area contributed by atoms with E-state index in [2.05, 4.69) is 9.97 Å². The lowest BCUT2D eigenvalue weighted by molar-refractivity contribution is 0.0508. The average Bonchev–Trinajstić information content (AvgIpc) is 3.34. The summed E-state index contributed by atoms with van der Waals surface area (Å²) in [5.74, 6) is -0.561. The normalized spacial score (nSPS) is 11.9. The maximum absolute atomic E-state index is 12.6. The average molecular weight is 474 g/mol. The van der Waals surface area contributed by atoms with Gasteiger partial charge < -0.3 is 19.6 Å². The zero-order chi connectivity index (χ0) is 22.1. The molecule has 156 valence electrons. The van der Waals surface area contributed by atoms with Crippen molar-refractivity contribution in [1.82, 2.24) is 9.97 Å². The summed E-state index contributed by atoms with van der Waals surface area (Å²) in [6.45, 7) is -0.527. The number of para-hydroxylation sites is 2. The maximum atomic E-state index is 12.6. The van der Waals surface area contributed by atoms with Crippen LogP contribution in [0, 0.1) is 11.3 Å². The van der Waals surface area contributed by atoms with Gasteiger partial charge in [-0.25, -0.2) is 9.78 Å². The van der Waals surface area contributed by atoms with Crippen molar-refractivity contribution in [3.05, 3.63) is 62.9 Å². The molecule has 7 nitrogen and oxygen atoms in total. The largest absolute Gasteiger partial charge is 0.507 e. The number of carbonyl (C=O) groups is 1. The number of aromatic nitrogens is 2. The molecule has 0 aliphatic rings. The van der Waals surface area contributed by atoms with Crippen LogP contribution >= 0.6 is 34.5 Å². The minimum absolute atomic E-state index is 0.126. The predicted octanol–water partition coefficient (Wildman–Crippen LogP) is 5.74. The number of rotatable bonds is 5. The van der Waals surface area contributed by atoms with E-state index < -0.39 is 18.3 Å². The second kappa shape index (κ2) is 8.47.